The molecule has 0 aliphatic heterocycles. The minimum atomic E-state index is 1.17. The first-order valence-corrected chi connectivity index (χ1v) is 3.45. The van der Waals surface area contributed by atoms with Crippen LogP contribution in [0.1, 0.15) is 26.2 Å². The van der Waals surface area contributed by atoms with Gasteiger partial charge in [-0.25, -0.2) is 0 Å². The quantitative estimate of drug-likeness (QED) is 0.397. The highest BCUT2D eigenvalue weighted by Crippen LogP contribution is 1.94. The van der Waals surface area contributed by atoms with Crippen LogP contribution in [0.15, 0.2) is 24.3 Å². The van der Waals surface area contributed by atoms with Gasteiger partial charge in [-0.05, 0) is 13.3 Å². The van der Waals surface area contributed by atoms with Crippen molar-refractivity contribution in [1.29, 1.82) is 0 Å². The van der Waals surface area contributed by atoms with Crippen LogP contribution >= 0.6 is 0 Å². The molecule has 0 aromatic heterocycles. The van der Waals surface area contributed by atoms with E-state index in [0.717, 1.165) is 0 Å². The van der Waals surface area contributed by atoms with Crippen molar-refractivity contribution < 1.29 is 0 Å². The zero-order chi connectivity index (χ0) is 6.95. The van der Waals surface area contributed by atoms with Gasteiger partial charge < -0.3 is 0 Å². The number of allylic oxidation sites excluding steroid dienone is 4. The summed E-state index contributed by atoms with van der Waals surface area (Å²) in [6, 6.07) is 0. The van der Waals surface area contributed by atoms with E-state index in [1.54, 1.807) is 6.08 Å². The van der Waals surface area contributed by atoms with Gasteiger partial charge in [0.25, 0.3) is 0 Å². The van der Waals surface area contributed by atoms with E-state index < -0.39 is 0 Å². The second-order valence-electron chi connectivity index (χ2n) is 1.96. The molecule has 0 saturated carbocycles. The number of rotatable bonds is 4. The first-order chi connectivity index (χ1) is 4.41. The molecule has 0 atom stereocenters. The van der Waals surface area contributed by atoms with Gasteiger partial charge in [0.1, 0.15) is 0 Å². The second kappa shape index (κ2) is 7.48. The molecule has 50 valence electrons. The van der Waals surface area contributed by atoms with E-state index in [2.05, 4.69) is 13.0 Å². The lowest BCUT2D eigenvalue weighted by Gasteiger charge is -1.84. The summed E-state index contributed by atoms with van der Waals surface area (Å²) in [5.74, 6) is 0. The molecule has 0 N–H and O–H groups in total. The summed E-state index contributed by atoms with van der Waals surface area (Å²) in [6.07, 6.45) is 11.2. The van der Waals surface area contributed by atoms with Crippen LogP contribution in [0.4, 0.5) is 0 Å². The van der Waals surface area contributed by atoms with Crippen molar-refractivity contribution >= 4 is 0 Å². The van der Waals surface area contributed by atoms with Gasteiger partial charge in [0.2, 0.25) is 0 Å². The van der Waals surface area contributed by atoms with Gasteiger partial charge in [0.15, 0.2) is 0 Å². The summed E-state index contributed by atoms with van der Waals surface area (Å²) in [5.41, 5.74) is 0. The highest BCUT2D eigenvalue weighted by atomic mass is 13.8. The van der Waals surface area contributed by atoms with Crippen LogP contribution in [0.3, 0.4) is 0 Å². The van der Waals surface area contributed by atoms with Crippen LogP contribution in [-0.2, 0) is 0 Å². The highest BCUT2D eigenvalue weighted by molar-refractivity contribution is 5.03. The lowest BCUT2D eigenvalue weighted by atomic mass is 10.2. The highest BCUT2D eigenvalue weighted by Gasteiger charge is 1.74. The van der Waals surface area contributed by atoms with E-state index in [1.165, 1.54) is 19.3 Å². The number of hydrogen-bond donors (Lipinski definition) is 0. The van der Waals surface area contributed by atoms with E-state index in [0.29, 0.717) is 0 Å². The molecule has 2 radical (unpaired) electrons. The van der Waals surface area contributed by atoms with Crippen molar-refractivity contribution in [1.82, 2.24) is 0 Å². The Morgan fingerprint density at radius 3 is 2.67 bits per heavy atom. The number of unbranched alkanes of at least 4 members (excludes halogenated alkanes) is 2. The van der Waals surface area contributed by atoms with Crippen molar-refractivity contribution in [2.75, 3.05) is 0 Å². The predicted molar refractivity (Wildman–Crippen MR) is 42.1 cm³/mol. The Balaban J connectivity index is 3.04. The van der Waals surface area contributed by atoms with Gasteiger partial charge in [-0.1, -0.05) is 44.1 Å². The molecule has 0 heterocycles. The fraction of sp³-hybridized carbons (Fsp3) is 0.444. The Hall–Kier alpha value is -0.520. The third-order valence-electron chi connectivity index (χ3n) is 1.08. The van der Waals surface area contributed by atoms with Crippen molar-refractivity contribution in [3.05, 3.63) is 31.2 Å². The molecule has 0 unspecified atom stereocenters. The maximum absolute atomic E-state index is 5.11. The minimum absolute atomic E-state index is 1.17. The summed E-state index contributed by atoms with van der Waals surface area (Å²) in [4.78, 5) is 0. The van der Waals surface area contributed by atoms with Crippen molar-refractivity contribution in [2.45, 2.75) is 26.2 Å². The van der Waals surface area contributed by atoms with Crippen LogP contribution in [0, 0.1) is 6.92 Å². The first-order valence-electron chi connectivity index (χ1n) is 3.45. The molecular weight excluding hydrogens is 108 g/mol. The van der Waals surface area contributed by atoms with Crippen LogP contribution in [-0.4, -0.2) is 0 Å². The van der Waals surface area contributed by atoms with E-state index in [4.69, 9.17) is 6.92 Å². The lowest BCUT2D eigenvalue weighted by Crippen LogP contribution is -1.64. The van der Waals surface area contributed by atoms with Gasteiger partial charge >= 0.3 is 0 Å². The van der Waals surface area contributed by atoms with Crippen LogP contribution in [0.2, 0.25) is 0 Å². The van der Waals surface area contributed by atoms with Gasteiger partial charge in [0.05, 0.1) is 0 Å². The minimum Gasteiger partial charge on any atom is -0.0845 e. The second-order valence-corrected chi connectivity index (χ2v) is 1.96. The fourth-order valence-electron chi connectivity index (χ4n) is 0.561. The zero-order valence-electron chi connectivity index (χ0n) is 6.01. The molecule has 0 fully saturated rings. The van der Waals surface area contributed by atoms with Crippen LogP contribution in [0.5, 0.6) is 0 Å². The van der Waals surface area contributed by atoms with Gasteiger partial charge in [-0.3, -0.25) is 0 Å². The van der Waals surface area contributed by atoms with Gasteiger partial charge in [-0.15, -0.1) is 0 Å². The molecule has 0 spiro atoms. The number of hydrogen-bond acceptors (Lipinski definition) is 0. The Kier molecular flexibility index (Phi) is 7.05. The summed E-state index contributed by atoms with van der Waals surface area (Å²) < 4.78 is 0. The largest absolute Gasteiger partial charge is 0.0845 e. The normalized spacial score (nSPS) is 11.8. The summed E-state index contributed by atoms with van der Waals surface area (Å²) in [7, 11) is 0. The third-order valence-corrected chi connectivity index (χ3v) is 1.08. The molecule has 0 heteroatoms. The first kappa shape index (κ1) is 8.48. The molecule has 9 heavy (non-hydrogen) atoms. The molecule has 0 saturated heterocycles. The van der Waals surface area contributed by atoms with Gasteiger partial charge in [-0.2, -0.15) is 0 Å². The summed E-state index contributed by atoms with van der Waals surface area (Å²) in [6.45, 7) is 7.30. The fourth-order valence-corrected chi connectivity index (χ4v) is 0.561. The standard InChI is InChI=1S/C9H14/c1-3-5-7-9-8-6-4-2/h1,3,5,7,9H,4,6,8H2,2H3. The van der Waals surface area contributed by atoms with Crippen molar-refractivity contribution in [2.24, 2.45) is 0 Å². The summed E-state index contributed by atoms with van der Waals surface area (Å²) >= 11 is 0. The summed E-state index contributed by atoms with van der Waals surface area (Å²) in [5, 5.41) is 0. The maximum atomic E-state index is 5.11. The topological polar surface area (TPSA) is 0 Å². The van der Waals surface area contributed by atoms with E-state index in [9.17, 15) is 0 Å². The van der Waals surface area contributed by atoms with Crippen molar-refractivity contribution in [3.8, 4) is 0 Å². The molecule has 0 bridgehead atoms. The third kappa shape index (κ3) is 7.48. The monoisotopic (exact) mass is 122 g/mol. The Bertz CT molecular complexity index is 88.2. The molecule has 0 aromatic rings. The molecule has 0 nitrogen and oxygen atoms in total. The maximum Gasteiger partial charge on any atom is -0.00925 e. The van der Waals surface area contributed by atoms with Gasteiger partial charge in [0, 0.05) is 0 Å². The zero-order valence-corrected chi connectivity index (χ0v) is 6.01. The predicted octanol–water partition coefficient (Wildman–Crippen LogP) is 3.00. The molecule has 0 aliphatic rings. The average Bonchev–Trinajstić information content (AvgIpc) is 1.89. The average molecular weight is 122 g/mol. The van der Waals surface area contributed by atoms with E-state index in [-0.39, 0.29) is 0 Å². The Morgan fingerprint density at radius 1 is 1.33 bits per heavy atom. The van der Waals surface area contributed by atoms with E-state index >= 15 is 0 Å². The molecule has 0 amide bonds. The molecule has 0 aliphatic carbocycles. The lowest BCUT2D eigenvalue weighted by molar-refractivity contribution is 0.815. The van der Waals surface area contributed by atoms with Crippen molar-refractivity contribution in [3.63, 3.8) is 0 Å². The molecule has 0 aromatic carbocycles. The smallest absolute Gasteiger partial charge is 0.00925 e. The van der Waals surface area contributed by atoms with Crippen LogP contribution in [0.25, 0.3) is 0 Å². The van der Waals surface area contributed by atoms with E-state index in [1.807, 2.05) is 12.2 Å². The SMILES string of the molecule is [CH]C=CC=CCCCC. The molecule has 0 rings (SSSR count). The molecular formula is C9H14. The Morgan fingerprint density at radius 2 is 2.11 bits per heavy atom. The van der Waals surface area contributed by atoms with Crippen LogP contribution < -0.4 is 0 Å². The Labute approximate surface area is 58.3 Å².